The molecule has 1 aromatic carbocycles. The molecule has 1 aromatic heterocycles. The smallest absolute Gasteiger partial charge is 0.256 e. The zero-order valence-electron chi connectivity index (χ0n) is 15.3. The standard InChI is InChI=1S/C20H26N4O2/c1-22-19(25)15-18(23-10-12-26-13-11-23)21-20(22)24-9-5-8-17(24)14-16-6-3-2-4-7-16/h2-4,6-7,15,17H,5,8-14H2,1H3. The van der Waals surface area contributed by atoms with Crippen LogP contribution in [0, 0.1) is 0 Å². The summed E-state index contributed by atoms with van der Waals surface area (Å²) in [5.74, 6) is 1.56. The van der Waals surface area contributed by atoms with E-state index in [1.165, 1.54) is 5.56 Å². The third-order valence-electron chi connectivity index (χ3n) is 5.38. The summed E-state index contributed by atoms with van der Waals surface area (Å²) in [5, 5.41) is 0. The number of aromatic nitrogens is 2. The van der Waals surface area contributed by atoms with Crippen LogP contribution in [0.3, 0.4) is 0 Å². The highest BCUT2D eigenvalue weighted by Gasteiger charge is 2.28. The van der Waals surface area contributed by atoms with Gasteiger partial charge in [0.1, 0.15) is 5.82 Å². The van der Waals surface area contributed by atoms with E-state index < -0.39 is 0 Å². The molecule has 138 valence electrons. The molecule has 1 unspecified atom stereocenters. The monoisotopic (exact) mass is 354 g/mol. The lowest BCUT2D eigenvalue weighted by Crippen LogP contribution is -2.40. The van der Waals surface area contributed by atoms with Gasteiger partial charge < -0.3 is 14.5 Å². The second kappa shape index (κ2) is 7.50. The maximum Gasteiger partial charge on any atom is 0.256 e. The van der Waals surface area contributed by atoms with Crippen molar-refractivity contribution in [2.75, 3.05) is 42.6 Å². The van der Waals surface area contributed by atoms with Gasteiger partial charge in [-0.2, -0.15) is 4.98 Å². The molecular formula is C20H26N4O2. The number of benzene rings is 1. The fraction of sp³-hybridized carbons (Fsp3) is 0.500. The Morgan fingerprint density at radius 3 is 2.69 bits per heavy atom. The summed E-state index contributed by atoms with van der Waals surface area (Å²) in [5.41, 5.74) is 1.33. The summed E-state index contributed by atoms with van der Waals surface area (Å²) in [6.45, 7) is 3.89. The van der Waals surface area contributed by atoms with Gasteiger partial charge in [0.2, 0.25) is 5.95 Å². The first-order chi connectivity index (χ1) is 12.7. The molecule has 0 N–H and O–H groups in total. The number of morpholine rings is 1. The van der Waals surface area contributed by atoms with Gasteiger partial charge in [-0.1, -0.05) is 30.3 Å². The topological polar surface area (TPSA) is 50.6 Å². The average Bonchev–Trinajstić information content (AvgIpc) is 3.13. The summed E-state index contributed by atoms with van der Waals surface area (Å²) in [4.78, 5) is 21.9. The Labute approximate surface area is 154 Å². The Morgan fingerprint density at radius 1 is 1.15 bits per heavy atom. The molecule has 0 amide bonds. The van der Waals surface area contributed by atoms with Crippen LogP contribution in [0.5, 0.6) is 0 Å². The number of rotatable bonds is 4. The van der Waals surface area contributed by atoms with Gasteiger partial charge in [-0.15, -0.1) is 0 Å². The number of hydrogen-bond acceptors (Lipinski definition) is 5. The third-order valence-corrected chi connectivity index (χ3v) is 5.38. The van der Waals surface area contributed by atoms with E-state index in [-0.39, 0.29) is 5.56 Å². The predicted octanol–water partition coefficient (Wildman–Crippen LogP) is 1.83. The largest absolute Gasteiger partial charge is 0.378 e. The summed E-state index contributed by atoms with van der Waals surface area (Å²) >= 11 is 0. The van der Waals surface area contributed by atoms with Crippen LogP contribution in [0.25, 0.3) is 0 Å². The van der Waals surface area contributed by atoms with E-state index in [1.54, 1.807) is 10.6 Å². The lowest BCUT2D eigenvalue weighted by Gasteiger charge is -2.31. The van der Waals surface area contributed by atoms with Gasteiger partial charge in [0, 0.05) is 38.8 Å². The van der Waals surface area contributed by atoms with Gasteiger partial charge in [0.25, 0.3) is 5.56 Å². The molecule has 6 heteroatoms. The van der Waals surface area contributed by atoms with Crippen molar-refractivity contribution in [3.63, 3.8) is 0 Å². The minimum atomic E-state index is 0.00172. The van der Waals surface area contributed by atoms with Crippen molar-refractivity contribution in [1.82, 2.24) is 9.55 Å². The molecule has 3 heterocycles. The number of ether oxygens (including phenoxy) is 1. The van der Waals surface area contributed by atoms with Gasteiger partial charge in [0.05, 0.1) is 13.2 Å². The fourth-order valence-corrected chi connectivity index (χ4v) is 3.92. The molecule has 1 atom stereocenters. The second-order valence-electron chi connectivity index (χ2n) is 7.09. The van der Waals surface area contributed by atoms with Crippen molar-refractivity contribution in [2.45, 2.75) is 25.3 Å². The van der Waals surface area contributed by atoms with E-state index >= 15 is 0 Å². The number of nitrogens with zero attached hydrogens (tertiary/aromatic N) is 4. The summed E-state index contributed by atoms with van der Waals surface area (Å²) in [7, 11) is 1.83. The van der Waals surface area contributed by atoms with E-state index in [2.05, 4.69) is 34.1 Å². The predicted molar refractivity (Wildman–Crippen MR) is 103 cm³/mol. The lowest BCUT2D eigenvalue weighted by atomic mass is 10.0. The van der Waals surface area contributed by atoms with Crippen LogP contribution in [0.1, 0.15) is 18.4 Å². The summed E-state index contributed by atoms with van der Waals surface area (Å²) < 4.78 is 7.11. The van der Waals surface area contributed by atoms with E-state index in [0.29, 0.717) is 19.3 Å². The summed E-state index contributed by atoms with van der Waals surface area (Å²) in [6, 6.07) is 12.6. The van der Waals surface area contributed by atoms with Gasteiger partial charge in [-0.3, -0.25) is 9.36 Å². The first-order valence-corrected chi connectivity index (χ1v) is 9.44. The Bertz CT molecular complexity index is 799. The minimum absolute atomic E-state index is 0.00172. The maximum absolute atomic E-state index is 12.6. The van der Waals surface area contributed by atoms with Crippen molar-refractivity contribution in [3.05, 3.63) is 52.3 Å². The number of anilines is 2. The molecule has 0 radical (unpaired) electrons. The van der Waals surface area contributed by atoms with Crippen molar-refractivity contribution in [1.29, 1.82) is 0 Å². The molecule has 0 bridgehead atoms. The van der Waals surface area contributed by atoms with Crippen LogP contribution < -0.4 is 15.4 Å². The van der Waals surface area contributed by atoms with Crippen molar-refractivity contribution in [2.24, 2.45) is 7.05 Å². The van der Waals surface area contributed by atoms with E-state index in [1.807, 2.05) is 13.1 Å². The fourth-order valence-electron chi connectivity index (χ4n) is 3.92. The molecule has 2 saturated heterocycles. The summed E-state index contributed by atoms with van der Waals surface area (Å²) in [6.07, 6.45) is 3.25. The van der Waals surface area contributed by atoms with Gasteiger partial charge in [-0.25, -0.2) is 0 Å². The first-order valence-electron chi connectivity index (χ1n) is 9.44. The molecule has 0 spiro atoms. The highest BCUT2D eigenvalue weighted by atomic mass is 16.5. The van der Waals surface area contributed by atoms with E-state index in [4.69, 9.17) is 9.72 Å². The van der Waals surface area contributed by atoms with Crippen molar-refractivity contribution >= 4 is 11.8 Å². The number of hydrogen-bond donors (Lipinski definition) is 0. The van der Waals surface area contributed by atoms with Gasteiger partial charge >= 0.3 is 0 Å². The van der Waals surface area contributed by atoms with Crippen LogP contribution in [0.2, 0.25) is 0 Å². The van der Waals surface area contributed by atoms with Crippen LogP contribution in [0.4, 0.5) is 11.8 Å². The SMILES string of the molecule is Cn1c(N2CCCC2Cc2ccccc2)nc(N2CCOCC2)cc1=O. The molecule has 6 nitrogen and oxygen atoms in total. The molecule has 2 aliphatic rings. The second-order valence-corrected chi connectivity index (χ2v) is 7.09. The van der Waals surface area contributed by atoms with Crippen LogP contribution in [0.15, 0.2) is 41.2 Å². The molecule has 2 aliphatic heterocycles. The molecule has 2 fully saturated rings. The van der Waals surface area contributed by atoms with Crippen molar-refractivity contribution in [3.8, 4) is 0 Å². The quantitative estimate of drug-likeness (QED) is 0.838. The highest BCUT2D eigenvalue weighted by molar-refractivity contribution is 5.46. The lowest BCUT2D eigenvalue weighted by molar-refractivity contribution is 0.122. The Kier molecular flexibility index (Phi) is 4.93. The normalized spacial score (nSPS) is 20.6. The zero-order chi connectivity index (χ0) is 17.9. The van der Waals surface area contributed by atoms with Crippen LogP contribution >= 0.6 is 0 Å². The minimum Gasteiger partial charge on any atom is -0.378 e. The Morgan fingerprint density at radius 2 is 1.92 bits per heavy atom. The van der Waals surface area contributed by atoms with Crippen LogP contribution in [-0.2, 0) is 18.2 Å². The van der Waals surface area contributed by atoms with Crippen molar-refractivity contribution < 1.29 is 4.74 Å². The molecule has 0 saturated carbocycles. The molecule has 4 rings (SSSR count). The maximum atomic E-state index is 12.6. The van der Waals surface area contributed by atoms with Gasteiger partial charge in [0.15, 0.2) is 0 Å². The van der Waals surface area contributed by atoms with Gasteiger partial charge in [-0.05, 0) is 24.8 Å². The first kappa shape index (κ1) is 17.1. The molecule has 2 aromatic rings. The third kappa shape index (κ3) is 3.46. The molecule has 26 heavy (non-hydrogen) atoms. The highest BCUT2D eigenvalue weighted by Crippen LogP contribution is 2.27. The zero-order valence-corrected chi connectivity index (χ0v) is 15.3. The van der Waals surface area contributed by atoms with Crippen LogP contribution in [-0.4, -0.2) is 48.4 Å². The van der Waals surface area contributed by atoms with E-state index in [9.17, 15) is 4.79 Å². The average molecular weight is 354 g/mol. The molecule has 0 aliphatic carbocycles. The van der Waals surface area contributed by atoms with E-state index in [0.717, 1.165) is 50.7 Å². The molecular weight excluding hydrogens is 328 g/mol. The Balaban J connectivity index is 1.62. The Hall–Kier alpha value is -2.34.